The molecule has 2 atom stereocenters. The van der Waals surface area contributed by atoms with Crippen LogP contribution in [0.1, 0.15) is 71.9 Å². The lowest BCUT2D eigenvalue weighted by Crippen LogP contribution is -2.41. The number of anilines is 3. The van der Waals surface area contributed by atoms with Gasteiger partial charge in [-0.3, -0.25) is 4.79 Å². The van der Waals surface area contributed by atoms with E-state index in [4.69, 9.17) is 18.9 Å². The van der Waals surface area contributed by atoms with Gasteiger partial charge < -0.3 is 24.3 Å². The number of amides is 2. The summed E-state index contributed by atoms with van der Waals surface area (Å²) in [4.78, 5) is 51.2. The van der Waals surface area contributed by atoms with Crippen molar-refractivity contribution in [3.05, 3.63) is 53.7 Å². The van der Waals surface area contributed by atoms with E-state index in [1.807, 2.05) is 37.4 Å². The second kappa shape index (κ2) is 12.2. The van der Waals surface area contributed by atoms with Crippen molar-refractivity contribution >= 4 is 58.1 Å². The third kappa shape index (κ3) is 6.25. The Bertz CT molecular complexity index is 1980. The van der Waals surface area contributed by atoms with Crippen molar-refractivity contribution in [2.75, 3.05) is 30.2 Å². The van der Waals surface area contributed by atoms with Gasteiger partial charge in [0.2, 0.25) is 5.91 Å². The predicted octanol–water partition coefficient (Wildman–Crippen LogP) is 7.19. The van der Waals surface area contributed by atoms with Crippen LogP contribution in [-0.4, -0.2) is 69.0 Å². The molecule has 0 bridgehead atoms. The molecular formula is C35H40N6O7S. The maximum atomic E-state index is 14.3. The molecular weight excluding hydrogens is 648 g/mol. The van der Waals surface area contributed by atoms with Crippen LogP contribution in [0.5, 0.6) is 11.5 Å². The van der Waals surface area contributed by atoms with Gasteiger partial charge in [0, 0.05) is 11.3 Å². The van der Waals surface area contributed by atoms with Crippen LogP contribution < -0.4 is 19.7 Å². The van der Waals surface area contributed by atoms with Gasteiger partial charge >= 0.3 is 12.2 Å². The Balaban J connectivity index is 1.44. The summed E-state index contributed by atoms with van der Waals surface area (Å²) in [7, 11) is 1.55. The molecule has 3 heterocycles. The molecule has 1 saturated carbocycles. The van der Waals surface area contributed by atoms with Crippen LogP contribution in [0.25, 0.3) is 10.9 Å². The molecule has 4 aromatic rings. The molecule has 1 N–H and O–H groups in total. The monoisotopic (exact) mass is 688 g/mol. The average molecular weight is 689 g/mol. The molecule has 2 aliphatic rings. The van der Waals surface area contributed by atoms with E-state index in [0.29, 0.717) is 63.5 Å². The number of carbonyl (C=O) groups excluding carboxylic acids is 3. The minimum absolute atomic E-state index is 0.309. The second-order valence-corrected chi connectivity index (χ2v) is 14.7. The highest BCUT2D eigenvalue weighted by molar-refractivity contribution is 7.98. The Morgan fingerprint density at radius 2 is 1.73 bits per heavy atom. The van der Waals surface area contributed by atoms with Gasteiger partial charge in [-0.05, 0) is 103 Å². The van der Waals surface area contributed by atoms with E-state index in [1.165, 1.54) is 16.4 Å². The SMILES string of the molecule is CCOc1cnc(SC)nc1Nc1nn(C(=O)OC(C)(C)C)c2cc([C@@H]3C[C@@]34C(=O)N(C(=O)OC(C)(C)C)c3ccc(OC)cc34)ccc12. The molecule has 258 valence electrons. The highest BCUT2D eigenvalue weighted by Gasteiger charge is 2.68. The number of hydrogen-bond donors (Lipinski definition) is 1. The summed E-state index contributed by atoms with van der Waals surface area (Å²) in [5.74, 6) is 1.07. The number of carbonyl (C=O) groups is 3. The van der Waals surface area contributed by atoms with E-state index >= 15 is 0 Å². The minimum Gasteiger partial charge on any atom is -0.497 e. The molecule has 13 nitrogen and oxygen atoms in total. The molecule has 2 amide bonds. The van der Waals surface area contributed by atoms with Crippen LogP contribution in [0.2, 0.25) is 0 Å². The molecule has 0 saturated heterocycles. The number of hydrogen-bond acceptors (Lipinski definition) is 12. The number of fused-ring (bicyclic) bond motifs is 3. The van der Waals surface area contributed by atoms with Gasteiger partial charge in [-0.15, -0.1) is 5.10 Å². The van der Waals surface area contributed by atoms with Crippen LogP contribution in [0.15, 0.2) is 47.8 Å². The van der Waals surface area contributed by atoms with Crippen molar-refractivity contribution in [2.24, 2.45) is 0 Å². The number of methoxy groups -OCH3 is 1. The largest absolute Gasteiger partial charge is 0.497 e. The molecule has 0 unspecified atom stereocenters. The van der Waals surface area contributed by atoms with Crippen molar-refractivity contribution in [3.63, 3.8) is 0 Å². The van der Waals surface area contributed by atoms with E-state index in [0.717, 1.165) is 10.5 Å². The summed E-state index contributed by atoms with van der Waals surface area (Å²) in [5.41, 5.74) is -0.194. The molecule has 49 heavy (non-hydrogen) atoms. The van der Waals surface area contributed by atoms with Crippen molar-refractivity contribution in [2.45, 2.75) is 82.6 Å². The molecule has 2 aromatic heterocycles. The summed E-state index contributed by atoms with van der Waals surface area (Å²) in [5, 5.41) is 9.02. The number of aromatic nitrogens is 4. The molecule has 0 radical (unpaired) electrons. The van der Waals surface area contributed by atoms with Crippen molar-refractivity contribution in [1.82, 2.24) is 19.7 Å². The molecule has 6 rings (SSSR count). The van der Waals surface area contributed by atoms with Crippen molar-refractivity contribution < 1.29 is 33.3 Å². The topological polar surface area (TPSA) is 147 Å². The first-order chi connectivity index (χ1) is 23.1. The fourth-order valence-corrected chi connectivity index (χ4v) is 6.45. The number of nitrogens with zero attached hydrogens (tertiary/aromatic N) is 5. The second-order valence-electron chi connectivity index (χ2n) is 13.9. The lowest BCUT2D eigenvalue weighted by atomic mass is 9.91. The number of benzene rings is 2. The lowest BCUT2D eigenvalue weighted by molar-refractivity contribution is -0.120. The van der Waals surface area contributed by atoms with E-state index in [9.17, 15) is 14.4 Å². The Kier molecular flexibility index (Phi) is 8.50. The molecule has 1 aliphatic carbocycles. The first-order valence-corrected chi connectivity index (χ1v) is 17.2. The van der Waals surface area contributed by atoms with Gasteiger partial charge in [0.05, 0.1) is 36.5 Å². The molecule has 1 fully saturated rings. The average Bonchev–Trinajstić information content (AvgIpc) is 3.61. The summed E-state index contributed by atoms with van der Waals surface area (Å²) >= 11 is 1.38. The fraction of sp³-hybridized carbons (Fsp3) is 0.429. The van der Waals surface area contributed by atoms with Gasteiger partial charge in [0.25, 0.3) is 0 Å². The quantitative estimate of drug-likeness (QED) is 0.155. The zero-order valence-electron chi connectivity index (χ0n) is 29.0. The van der Waals surface area contributed by atoms with Crippen LogP contribution in [0.4, 0.5) is 26.9 Å². The summed E-state index contributed by atoms with van der Waals surface area (Å²) < 4.78 is 23.8. The van der Waals surface area contributed by atoms with E-state index in [1.54, 1.807) is 67.0 Å². The first kappa shape index (κ1) is 34.0. The number of ether oxygens (including phenoxy) is 4. The van der Waals surface area contributed by atoms with Gasteiger partial charge in [-0.25, -0.2) is 24.5 Å². The van der Waals surface area contributed by atoms with E-state index in [-0.39, 0.29) is 11.8 Å². The highest BCUT2D eigenvalue weighted by Crippen LogP contribution is 2.67. The molecule has 14 heteroatoms. The van der Waals surface area contributed by atoms with Crippen LogP contribution in [0, 0.1) is 0 Å². The number of nitrogens with one attached hydrogen (secondary N) is 1. The zero-order chi connectivity index (χ0) is 35.5. The third-order valence-electron chi connectivity index (χ3n) is 8.17. The maximum absolute atomic E-state index is 14.3. The Morgan fingerprint density at radius 1 is 1.02 bits per heavy atom. The molecule has 1 aliphatic heterocycles. The smallest absolute Gasteiger partial charge is 0.435 e. The third-order valence-corrected chi connectivity index (χ3v) is 8.73. The van der Waals surface area contributed by atoms with Gasteiger partial charge in [-0.1, -0.05) is 17.8 Å². The predicted molar refractivity (Wildman–Crippen MR) is 185 cm³/mol. The van der Waals surface area contributed by atoms with E-state index < -0.39 is 28.8 Å². The van der Waals surface area contributed by atoms with Crippen LogP contribution in [-0.2, 0) is 19.7 Å². The van der Waals surface area contributed by atoms with Crippen molar-refractivity contribution in [1.29, 1.82) is 0 Å². The number of imide groups is 1. The molecule has 1 spiro atoms. The first-order valence-electron chi connectivity index (χ1n) is 15.9. The highest BCUT2D eigenvalue weighted by atomic mass is 32.2. The molecule has 2 aromatic carbocycles. The van der Waals surface area contributed by atoms with Crippen LogP contribution in [0.3, 0.4) is 0 Å². The Hall–Kier alpha value is -4.85. The number of rotatable bonds is 7. The van der Waals surface area contributed by atoms with Gasteiger partial charge in [0.1, 0.15) is 17.0 Å². The fourth-order valence-electron chi connectivity index (χ4n) is 6.11. The van der Waals surface area contributed by atoms with Crippen molar-refractivity contribution in [3.8, 4) is 11.5 Å². The summed E-state index contributed by atoms with van der Waals surface area (Å²) in [6.45, 7) is 12.9. The normalized spacial score (nSPS) is 18.4. The van der Waals surface area contributed by atoms with Gasteiger partial charge in [0.15, 0.2) is 22.5 Å². The number of thioether (sulfide) groups is 1. The summed E-state index contributed by atoms with van der Waals surface area (Å²) in [6.07, 6.45) is 2.50. The Morgan fingerprint density at radius 3 is 2.39 bits per heavy atom. The van der Waals surface area contributed by atoms with Gasteiger partial charge in [-0.2, -0.15) is 4.68 Å². The zero-order valence-corrected chi connectivity index (χ0v) is 29.9. The maximum Gasteiger partial charge on any atom is 0.435 e. The summed E-state index contributed by atoms with van der Waals surface area (Å²) in [6, 6.07) is 10.8. The standard InChI is InChI=1S/C35H40N6O7S/c1-10-46-26-18-36-30(49-9)38-28(26)37-27-21-13-11-19(15-25(21)41(39-27)32(44)48-34(5,6)7)23-17-35(23)22-16-20(45-8)12-14-24(22)40(29(35)42)31(43)47-33(2,3)4/h11-16,18,23H,10,17H2,1-9H3,(H,36,37,38,39)/t23-,35-/m0/s1. The lowest BCUT2D eigenvalue weighted by Gasteiger charge is -2.24. The minimum atomic E-state index is -1.02. The van der Waals surface area contributed by atoms with E-state index in [2.05, 4.69) is 20.4 Å². The Labute approximate surface area is 288 Å². The van der Waals surface area contributed by atoms with Crippen LogP contribution >= 0.6 is 11.8 Å².